The molecule has 1 N–H and O–H groups in total. The quantitative estimate of drug-likeness (QED) is 0.594. The number of nitrogens with one attached hydrogen (secondary N) is 1. The van der Waals surface area contributed by atoms with Crippen LogP contribution in [-0.2, 0) is 0 Å². The molecule has 0 aromatic heterocycles. The van der Waals surface area contributed by atoms with E-state index in [0.29, 0.717) is 0 Å². The highest BCUT2D eigenvalue weighted by Gasteiger charge is 2.22. The molecule has 0 radical (unpaired) electrons. The Labute approximate surface area is 57.8 Å². The predicted octanol–water partition coefficient (Wildman–Crippen LogP) is 1.64. The Morgan fingerprint density at radius 2 is 1.56 bits per heavy atom. The SMILES string of the molecule is CC[C@@H]1CNC[C@H]1CC. The molecule has 9 heavy (non-hydrogen) atoms. The lowest BCUT2D eigenvalue weighted by Crippen LogP contribution is -2.09. The molecular formula is C8H17N. The van der Waals surface area contributed by atoms with Crippen LogP contribution in [-0.4, -0.2) is 13.1 Å². The van der Waals surface area contributed by atoms with Crippen molar-refractivity contribution in [1.29, 1.82) is 0 Å². The van der Waals surface area contributed by atoms with Crippen LogP contribution < -0.4 is 5.32 Å². The molecule has 1 heterocycles. The molecule has 0 aliphatic carbocycles. The normalized spacial score (nSPS) is 35.3. The molecule has 1 fully saturated rings. The third-order valence-corrected chi connectivity index (χ3v) is 2.53. The molecule has 1 aliphatic rings. The van der Waals surface area contributed by atoms with Crippen molar-refractivity contribution in [3.63, 3.8) is 0 Å². The first-order valence-electron chi connectivity index (χ1n) is 4.09. The molecule has 0 unspecified atom stereocenters. The summed E-state index contributed by atoms with van der Waals surface area (Å²) < 4.78 is 0. The number of rotatable bonds is 2. The van der Waals surface area contributed by atoms with E-state index in [4.69, 9.17) is 0 Å². The average molecular weight is 127 g/mol. The maximum Gasteiger partial charge on any atom is -0.00174 e. The van der Waals surface area contributed by atoms with Crippen LogP contribution in [0, 0.1) is 11.8 Å². The van der Waals surface area contributed by atoms with Crippen molar-refractivity contribution in [2.45, 2.75) is 26.7 Å². The van der Waals surface area contributed by atoms with E-state index in [9.17, 15) is 0 Å². The van der Waals surface area contributed by atoms with Gasteiger partial charge in [-0.25, -0.2) is 0 Å². The zero-order chi connectivity index (χ0) is 6.69. The van der Waals surface area contributed by atoms with Crippen LogP contribution in [0.4, 0.5) is 0 Å². The minimum absolute atomic E-state index is 0.968. The van der Waals surface area contributed by atoms with E-state index < -0.39 is 0 Å². The highest BCUT2D eigenvalue weighted by atomic mass is 14.9. The van der Waals surface area contributed by atoms with Crippen LogP contribution in [0.3, 0.4) is 0 Å². The Balaban J connectivity index is 2.32. The molecule has 0 amide bonds. The molecule has 1 saturated heterocycles. The minimum atomic E-state index is 0.968. The Bertz CT molecular complexity index is 70.6. The minimum Gasteiger partial charge on any atom is -0.316 e. The van der Waals surface area contributed by atoms with Crippen molar-refractivity contribution >= 4 is 0 Å². The second kappa shape index (κ2) is 3.21. The van der Waals surface area contributed by atoms with Crippen molar-refractivity contribution in [3.8, 4) is 0 Å². The van der Waals surface area contributed by atoms with Gasteiger partial charge in [-0.2, -0.15) is 0 Å². The summed E-state index contributed by atoms with van der Waals surface area (Å²) in [4.78, 5) is 0. The van der Waals surface area contributed by atoms with Crippen molar-refractivity contribution in [1.82, 2.24) is 5.32 Å². The third kappa shape index (κ3) is 1.45. The van der Waals surface area contributed by atoms with Crippen molar-refractivity contribution in [3.05, 3.63) is 0 Å². The van der Waals surface area contributed by atoms with Gasteiger partial charge >= 0.3 is 0 Å². The Morgan fingerprint density at radius 3 is 1.89 bits per heavy atom. The fraction of sp³-hybridized carbons (Fsp3) is 1.00. The highest BCUT2D eigenvalue weighted by Crippen LogP contribution is 2.21. The third-order valence-electron chi connectivity index (χ3n) is 2.53. The lowest BCUT2D eigenvalue weighted by molar-refractivity contribution is 0.397. The van der Waals surface area contributed by atoms with Gasteiger partial charge in [-0.15, -0.1) is 0 Å². The predicted molar refractivity (Wildman–Crippen MR) is 40.4 cm³/mol. The maximum atomic E-state index is 3.42. The van der Waals surface area contributed by atoms with Crippen LogP contribution in [0.15, 0.2) is 0 Å². The van der Waals surface area contributed by atoms with Crippen LogP contribution in [0.5, 0.6) is 0 Å². The first-order chi connectivity index (χ1) is 4.38. The fourth-order valence-electron chi connectivity index (χ4n) is 1.74. The largest absolute Gasteiger partial charge is 0.316 e. The first kappa shape index (κ1) is 7.07. The summed E-state index contributed by atoms with van der Waals surface area (Å²) in [7, 11) is 0. The second-order valence-electron chi connectivity index (χ2n) is 2.99. The molecule has 1 heteroatoms. The monoisotopic (exact) mass is 127 g/mol. The van der Waals surface area contributed by atoms with E-state index in [-0.39, 0.29) is 0 Å². The summed E-state index contributed by atoms with van der Waals surface area (Å²) in [5.41, 5.74) is 0. The van der Waals surface area contributed by atoms with Gasteiger partial charge in [0.2, 0.25) is 0 Å². The number of hydrogen-bond donors (Lipinski definition) is 1. The van der Waals surface area contributed by atoms with Crippen molar-refractivity contribution < 1.29 is 0 Å². The van der Waals surface area contributed by atoms with Crippen molar-refractivity contribution in [2.24, 2.45) is 11.8 Å². The van der Waals surface area contributed by atoms with Gasteiger partial charge in [-0.1, -0.05) is 26.7 Å². The Morgan fingerprint density at radius 1 is 1.11 bits per heavy atom. The molecule has 0 spiro atoms. The van der Waals surface area contributed by atoms with E-state index in [1.807, 2.05) is 0 Å². The van der Waals surface area contributed by atoms with E-state index in [0.717, 1.165) is 11.8 Å². The summed E-state index contributed by atoms with van der Waals surface area (Å²) in [5.74, 6) is 1.94. The molecule has 1 aliphatic heterocycles. The van der Waals surface area contributed by atoms with E-state index in [1.165, 1.54) is 25.9 Å². The van der Waals surface area contributed by atoms with Crippen LogP contribution in [0.25, 0.3) is 0 Å². The average Bonchev–Trinajstić information content (AvgIpc) is 2.33. The zero-order valence-corrected chi connectivity index (χ0v) is 6.48. The molecule has 54 valence electrons. The molecule has 2 atom stereocenters. The Kier molecular flexibility index (Phi) is 2.52. The molecule has 1 rings (SSSR count). The molecule has 0 aromatic rings. The lowest BCUT2D eigenvalue weighted by Gasteiger charge is -2.12. The van der Waals surface area contributed by atoms with E-state index >= 15 is 0 Å². The van der Waals surface area contributed by atoms with Crippen LogP contribution in [0.2, 0.25) is 0 Å². The fourth-order valence-corrected chi connectivity index (χ4v) is 1.74. The highest BCUT2D eigenvalue weighted by molar-refractivity contribution is 4.78. The standard InChI is InChI=1S/C8H17N/c1-3-7-5-9-6-8(7)4-2/h7-9H,3-6H2,1-2H3/t7-,8-/m1/s1. The van der Waals surface area contributed by atoms with Gasteiger partial charge in [0.05, 0.1) is 0 Å². The summed E-state index contributed by atoms with van der Waals surface area (Å²) in [5, 5.41) is 3.42. The summed E-state index contributed by atoms with van der Waals surface area (Å²) >= 11 is 0. The summed E-state index contributed by atoms with van der Waals surface area (Å²) in [6.45, 7) is 7.10. The van der Waals surface area contributed by atoms with Crippen LogP contribution >= 0.6 is 0 Å². The topological polar surface area (TPSA) is 12.0 Å². The summed E-state index contributed by atoms with van der Waals surface area (Å²) in [6, 6.07) is 0. The molecular weight excluding hydrogens is 110 g/mol. The maximum absolute atomic E-state index is 3.42. The number of hydrogen-bond acceptors (Lipinski definition) is 1. The summed E-state index contributed by atoms with van der Waals surface area (Å²) in [6.07, 6.45) is 2.71. The van der Waals surface area contributed by atoms with Gasteiger partial charge in [0, 0.05) is 0 Å². The van der Waals surface area contributed by atoms with Gasteiger partial charge in [-0.05, 0) is 24.9 Å². The van der Waals surface area contributed by atoms with Gasteiger partial charge in [0.15, 0.2) is 0 Å². The van der Waals surface area contributed by atoms with E-state index in [1.54, 1.807) is 0 Å². The molecule has 0 bridgehead atoms. The van der Waals surface area contributed by atoms with Crippen molar-refractivity contribution in [2.75, 3.05) is 13.1 Å². The van der Waals surface area contributed by atoms with Gasteiger partial charge in [0.25, 0.3) is 0 Å². The second-order valence-corrected chi connectivity index (χ2v) is 2.99. The van der Waals surface area contributed by atoms with Gasteiger partial charge < -0.3 is 5.32 Å². The molecule has 1 nitrogen and oxygen atoms in total. The first-order valence-corrected chi connectivity index (χ1v) is 4.09. The Hall–Kier alpha value is -0.0400. The van der Waals surface area contributed by atoms with Gasteiger partial charge in [0.1, 0.15) is 0 Å². The zero-order valence-electron chi connectivity index (χ0n) is 6.48. The lowest BCUT2D eigenvalue weighted by atomic mass is 9.92. The molecule has 0 saturated carbocycles. The van der Waals surface area contributed by atoms with Gasteiger partial charge in [-0.3, -0.25) is 0 Å². The molecule has 0 aromatic carbocycles. The van der Waals surface area contributed by atoms with E-state index in [2.05, 4.69) is 19.2 Å². The smallest absolute Gasteiger partial charge is 0.00174 e. The van der Waals surface area contributed by atoms with Crippen LogP contribution in [0.1, 0.15) is 26.7 Å².